The average molecular weight is 259 g/mol. The van der Waals surface area contributed by atoms with Gasteiger partial charge in [0.2, 0.25) is 5.95 Å². The van der Waals surface area contributed by atoms with Gasteiger partial charge in [0.25, 0.3) is 0 Å². The van der Waals surface area contributed by atoms with Crippen LogP contribution < -0.4 is 0 Å². The maximum Gasteiger partial charge on any atom is 0.250 e. The molecule has 0 fully saturated rings. The lowest BCUT2D eigenvalue weighted by molar-refractivity contribution is 0.448. The molecule has 0 N–H and O–H groups in total. The Bertz CT molecular complexity index is 559. The van der Waals surface area contributed by atoms with E-state index in [0.29, 0.717) is 17.8 Å². The molecule has 1 heterocycles. The van der Waals surface area contributed by atoms with Crippen molar-refractivity contribution in [1.82, 2.24) is 4.98 Å². The third-order valence-electron chi connectivity index (χ3n) is 1.90. The number of halogens is 4. The molecule has 1 nitrogen and oxygen atoms in total. The predicted octanol–water partition coefficient (Wildman–Crippen LogP) is 3.79. The molecule has 1 aromatic heterocycles. The first kappa shape index (κ1) is 11.9. The SMILES string of the molecule is Fc1ccccc1Sc1nc(F)c(F)cc1F. The van der Waals surface area contributed by atoms with E-state index in [-0.39, 0.29) is 4.90 Å². The number of pyridine rings is 1. The summed E-state index contributed by atoms with van der Waals surface area (Å²) in [6.07, 6.45) is 0. The number of nitrogens with zero attached hydrogens (tertiary/aromatic N) is 1. The molecule has 0 amide bonds. The van der Waals surface area contributed by atoms with Crippen LogP contribution in [0.1, 0.15) is 0 Å². The first-order chi connectivity index (χ1) is 8.08. The van der Waals surface area contributed by atoms with Gasteiger partial charge in [-0.2, -0.15) is 4.39 Å². The maximum atomic E-state index is 13.2. The second-order valence-electron chi connectivity index (χ2n) is 3.08. The molecule has 6 heteroatoms. The van der Waals surface area contributed by atoms with Crippen LogP contribution in [0.3, 0.4) is 0 Å². The number of hydrogen-bond acceptors (Lipinski definition) is 2. The molecule has 0 aliphatic carbocycles. The first-order valence-electron chi connectivity index (χ1n) is 4.52. The summed E-state index contributed by atoms with van der Waals surface area (Å²) in [5, 5.41) is -0.408. The zero-order valence-corrected chi connectivity index (χ0v) is 9.07. The molecule has 2 rings (SSSR count). The molecule has 0 spiro atoms. The standard InChI is InChI=1S/C11H5F4NS/c12-6-3-1-2-4-9(6)17-11-8(14)5-7(13)10(15)16-11/h1-5H. The summed E-state index contributed by atoms with van der Waals surface area (Å²) in [4.78, 5) is 3.18. The minimum Gasteiger partial charge on any atom is -0.207 e. The molecule has 0 bridgehead atoms. The fourth-order valence-electron chi connectivity index (χ4n) is 1.13. The Morgan fingerprint density at radius 2 is 1.59 bits per heavy atom. The Morgan fingerprint density at radius 1 is 0.882 bits per heavy atom. The zero-order valence-electron chi connectivity index (χ0n) is 8.25. The van der Waals surface area contributed by atoms with Gasteiger partial charge in [0.05, 0.1) is 0 Å². The number of aromatic nitrogens is 1. The third-order valence-corrected chi connectivity index (χ3v) is 2.93. The van der Waals surface area contributed by atoms with Crippen molar-refractivity contribution < 1.29 is 17.6 Å². The molecular formula is C11H5F4NS. The van der Waals surface area contributed by atoms with Crippen molar-refractivity contribution in [2.75, 3.05) is 0 Å². The lowest BCUT2D eigenvalue weighted by atomic mass is 10.3. The highest BCUT2D eigenvalue weighted by atomic mass is 32.2. The molecule has 0 atom stereocenters. The van der Waals surface area contributed by atoms with Crippen LogP contribution in [0, 0.1) is 23.4 Å². The van der Waals surface area contributed by atoms with Gasteiger partial charge in [0.15, 0.2) is 11.6 Å². The average Bonchev–Trinajstić information content (AvgIpc) is 2.29. The van der Waals surface area contributed by atoms with E-state index in [1.165, 1.54) is 18.2 Å². The van der Waals surface area contributed by atoms with E-state index < -0.39 is 28.4 Å². The predicted molar refractivity (Wildman–Crippen MR) is 54.6 cm³/mol. The molecule has 1 aromatic carbocycles. The van der Waals surface area contributed by atoms with Gasteiger partial charge in [-0.3, -0.25) is 0 Å². The van der Waals surface area contributed by atoms with Gasteiger partial charge in [-0.25, -0.2) is 18.2 Å². The van der Waals surface area contributed by atoms with Crippen LogP contribution in [0.2, 0.25) is 0 Å². The molecule has 0 aliphatic heterocycles. The number of rotatable bonds is 2. The van der Waals surface area contributed by atoms with Gasteiger partial charge in [-0.15, -0.1) is 0 Å². The zero-order chi connectivity index (χ0) is 12.4. The van der Waals surface area contributed by atoms with Crippen molar-refractivity contribution in [2.24, 2.45) is 0 Å². The topological polar surface area (TPSA) is 12.9 Å². The maximum absolute atomic E-state index is 13.2. The van der Waals surface area contributed by atoms with Crippen LogP contribution in [0.25, 0.3) is 0 Å². The van der Waals surface area contributed by atoms with Crippen molar-refractivity contribution in [1.29, 1.82) is 0 Å². The summed E-state index contributed by atoms with van der Waals surface area (Å²) in [5.41, 5.74) is 0. The molecule has 17 heavy (non-hydrogen) atoms. The highest BCUT2D eigenvalue weighted by molar-refractivity contribution is 7.99. The van der Waals surface area contributed by atoms with Gasteiger partial charge in [-0.1, -0.05) is 23.9 Å². The van der Waals surface area contributed by atoms with Crippen LogP contribution in [-0.4, -0.2) is 4.98 Å². The Morgan fingerprint density at radius 3 is 2.29 bits per heavy atom. The van der Waals surface area contributed by atoms with Crippen LogP contribution >= 0.6 is 11.8 Å². The van der Waals surface area contributed by atoms with E-state index in [4.69, 9.17) is 0 Å². The molecule has 0 radical (unpaired) electrons. The molecule has 0 saturated carbocycles. The van der Waals surface area contributed by atoms with E-state index in [1.54, 1.807) is 6.07 Å². The van der Waals surface area contributed by atoms with Crippen molar-refractivity contribution in [2.45, 2.75) is 9.92 Å². The number of benzene rings is 1. The monoisotopic (exact) mass is 259 g/mol. The molecule has 2 aromatic rings. The van der Waals surface area contributed by atoms with Gasteiger partial charge in [0.1, 0.15) is 10.8 Å². The van der Waals surface area contributed by atoms with Gasteiger partial charge in [0, 0.05) is 11.0 Å². The van der Waals surface area contributed by atoms with Crippen molar-refractivity contribution in [3.05, 3.63) is 53.7 Å². The molecular weight excluding hydrogens is 254 g/mol. The van der Waals surface area contributed by atoms with Gasteiger partial charge >= 0.3 is 0 Å². The second-order valence-corrected chi connectivity index (χ2v) is 4.11. The van der Waals surface area contributed by atoms with Gasteiger partial charge < -0.3 is 0 Å². The summed E-state index contributed by atoms with van der Waals surface area (Å²) < 4.78 is 51.9. The lowest BCUT2D eigenvalue weighted by Crippen LogP contribution is -1.96. The quantitative estimate of drug-likeness (QED) is 0.601. The van der Waals surface area contributed by atoms with Crippen LogP contribution in [0.5, 0.6) is 0 Å². The van der Waals surface area contributed by atoms with E-state index in [1.807, 2.05) is 0 Å². The van der Waals surface area contributed by atoms with Crippen molar-refractivity contribution in [3.63, 3.8) is 0 Å². The molecule has 0 saturated heterocycles. The van der Waals surface area contributed by atoms with E-state index in [2.05, 4.69) is 4.98 Å². The van der Waals surface area contributed by atoms with Crippen LogP contribution in [-0.2, 0) is 0 Å². The summed E-state index contributed by atoms with van der Waals surface area (Å²) >= 11 is 0.596. The first-order valence-corrected chi connectivity index (χ1v) is 5.33. The summed E-state index contributed by atoms with van der Waals surface area (Å²) in [7, 11) is 0. The van der Waals surface area contributed by atoms with Crippen molar-refractivity contribution >= 4 is 11.8 Å². The second kappa shape index (κ2) is 4.75. The Kier molecular flexibility index (Phi) is 3.33. The van der Waals surface area contributed by atoms with Gasteiger partial charge in [-0.05, 0) is 12.1 Å². The van der Waals surface area contributed by atoms with Crippen LogP contribution in [0.15, 0.2) is 40.3 Å². The third kappa shape index (κ3) is 2.58. The largest absolute Gasteiger partial charge is 0.250 e. The Balaban J connectivity index is 2.37. The highest BCUT2D eigenvalue weighted by Crippen LogP contribution is 2.30. The fourth-order valence-corrected chi connectivity index (χ4v) is 1.93. The van der Waals surface area contributed by atoms with E-state index in [9.17, 15) is 17.6 Å². The molecule has 0 unspecified atom stereocenters. The lowest BCUT2D eigenvalue weighted by Gasteiger charge is -2.03. The smallest absolute Gasteiger partial charge is 0.207 e. The number of hydrogen-bond donors (Lipinski definition) is 0. The Hall–Kier alpha value is -1.56. The summed E-state index contributed by atoms with van der Waals surface area (Å²) in [6.45, 7) is 0. The Labute approximate surface area is 98.5 Å². The normalized spacial score (nSPS) is 10.6. The summed E-state index contributed by atoms with van der Waals surface area (Å²) in [5.74, 6) is -4.40. The minimum absolute atomic E-state index is 0.0879. The van der Waals surface area contributed by atoms with E-state index in [0.717, 1.165) is 0 Å². The minimum atomic E-state index is -1.41. The fraction of sp³-hybridized carbons (Fsp3) is 0. The van der Waals surface area contributed by atoms with Crippen LogP contribution in [0.4, 0.5) is 17.6 Å². The highest BCUT2D eigenvalue weighted by Gasteiger charge is 2.14. The molecule has 88 valence electrons. The summed E-state index contributed by atoms with van der Waals surface area (Å²) in [6, 6.07) is 5.96. The van der Waals surface area contributed by atoms with Crippen molar-refractivity contribution in [3.8, 4) is 0 Å². The molecule has 0 aliphatic rings. The van der Waals surface area contributed by atoms with E-state index >= 15 is 0 Å².